The number of halogens is 1. The van der Waals surface area contributed by atoms with Crippen LogP contribution in [0.5, 0.6) is 0 Å². The number of hydrogen-bond acceptors (Lipinski definition) is 2. The molecule has 0 aliphatic carbocycles. The highest BCUT2D eigenvalue weighted by Crippen LogP contribution is 2.11. The second kappa shape index (κ2) is 4.09. The predicted octanol–water partition coefficient (Wildman–Crippen LogP) is 1.40. The zero-order chi connectivity index (χ0) is 9.10. The van der Waals surface area contributed by atoms with Crippen LogP contribution in [0.25, 0.3) is 0 Å². The minimum atomic E-state index is 0.571. The zero-order valence-corrected chi connectivity index (χ0v) is 8.14. The summed E-state index contributed by atoms with van der Waals surface area (Å²) in [6.45, 7) is 1.99. The van der Waals surface area contributed by atoms with Crippen LogP contribution in [-0.2, 0) is 6.42 Å². The van der Waals surface area contributed by atoms with E-state index >= 15 is 0 Å². The molecule has 1 fully saturated rings. The summed E-state index contributed by atoms with van der Waals surface area (Å²) in [5.74, 6) is 0. The Bertz CT molecular complexity index is 265. The molecule has 1 saturated heterocycles. The van der Waals surface area contributed by atoms with Crippen molar-refractivity contribution < 1.29 is 0 Å². The summed E-state index contributed by atoms with van der Waals surface area (Å²) in [7, 11) is 0. The van der Waals surface area contributed by atoms with E-state index in [-0.39, 0.29) is 0 Å². The van der Waals surface area contributed by atoms with Crippen molar-refractivity contribution in [3.05, 3.63) is 34.9 Å². The molecule has 2 N–H and O–H groups in total. The van der Waals surface area contributed by atoms with Crippen LogP contribution >= 0.6 is 11.6 Å². The smallest absolute Gasteiger partial charge is 0.0457 e. The van der Waals surface area contributed by atoms with Gasteiger partial charge in [0.25, 0.3) is 0 Å². The molecular formula is C10H13ClN2. The number of nitrogens with one attached hydrogen (secondary N) is 2. The van der Waals surface area contributed by atoms with Crippen LogP contribution in [0, 0.1) is 0 Å². The average molecular weight is 197 g/mol. The van der Waals surface area contributed by atoms with Gasteiger partial charge in [0.05, 0.1) is 0 Å². The van der Waals surface area contributed by atoms with Gasteiger partial charge in [0, 0.05) is 24.3 Å². The minimum absolute atomic E-state index is 0.571. The third-order valence-corrected chi connectivity index (χ3v) is 2.55. The van der Waals surface area contributed by atoms with Gasteiger partial charge in [-0.05, 0) is 24.1 Å². The molecule has 1 unspecified atom stereocenters. The first-order chi connectivity index (χ1) is 6.34. The summed E-state index contributed by atoms with van der Waals surface area (Å²) in [4.78, 5) is 0. The van der Waals surface area contributed by atoms with Gasteiger partial charge in [0.1, 0.15) is 0 Å². The lowest BCUT2D eigenvalue weighted by molar-refractivity contribution is 0.629. The second-order valence-corrected chi connectivity index (χ2v) is 3.80. The summed E-state index contributed by atoms with van der Waals surface area (Å²) in [6, 6.07) is 8.63. The van der Waals surface area contributed by atoms with Crippen LogP contribution in [0.15, 0.2) is 24.3 Å². The Labute approximate surface area is 83.3 Å². The Morgan fingerprint density at radius 3 is 2.69 bits per heavy atom. The van der Waals surface area contributed by atoms with E-state index in [1.54, 1.807) is 0 Å². The Hall–Kier alpha value is -0.570. The fraction of sp³-hybridized carbons (Fsp3) is 0.400. The van der Waals surface area contributed by atoms with E-state index in [4.69, 9.17) is 11.6 Å². The van der Waals surface area contributed by atoms with Crippen LogP contribution in [-0.4, -0.2) is 19.3 Å². The molecular weight excluding hydrogens is 184 g/mol. The lowest BCUT2D eigenvalue weighted by Gasteiger charge is -2.08. The first kappa shape index (κ1) is 9.00. The van der Waals surface area contributed by atoms with Gasteiger partial charge in [-0.3, -0.25) is 0 Å². The monoisotopic (exact) mass is 196 g/mol. The topological polar surface area (TPSA) is 24.1 Å². The Balaban J connectivity index is 1.97. The van der Waals surface area contributed by atoms with Crippen LogP contribution in [0.2, 0.25) is 5.02 Å². The molecule has 0 spiro atoms. The molecule has 13 heavy (non-hydrogen) atoms. The van der Waals surface area contributed by atoms with Gasteiger partial charge in [-0.1, -0.05) is 23.7 Å². The summed E-state index contributed by atoms with van der Waals surface area (Å²) < 4.78 is 0. The van der Waals surface area contributed by atoms with E-state index in [1.807, 2.05) is 12.1 Å². The fourth-order valence-electron chi connectivity index (χ4n) is 1.58. The molecule has 0 saturated carbocycles. The first-order valence-electron chi connectivity index (χ1n) is 4.53. The quantitative estimate of drug-likeness (QED) is 0.748. The number of benzene rings is 1. The van der Waals surface area contributed by atoms with Crippen molar-refractivity contribution in [1.29, 1.82) is 0 Å². The summed E-state index contributed by atoms with van der Waals surface area (Å²) in [5.41, 5.74) is 1.34. The molecule has 0 aromatic heterocycles. The van der Waals surface area contributed by atoms with Crippen LogP contribution in [0.3, 0.4) is 0 Å². The first-order valence-corrected chi connectivity index (χ1v) is 4.91. The maximum absolute atomic E-state index is 5.80. The molecule has 1 aliphatic heterocycles. The van der Waals surface area contributed by atoms with Crippen LogP contribution in [0.1, 0.15) is 5.56 Å². The molecule has 1 aromatic carbocycles. The lowest BCUT2D eigenvalue weighted by Crippen LogP contribution is -2.25. The normalized spacial score (nSPS) is 22.1. The molecule has 1 atom stereocenters. The highest BCUT2D eigenvalue weighted by molar-refractivity contribution is 6.30. The van der Waals surface area contributed by atoms with Crippen molar-refractivity contribution in [2.24, 2.45) is 0 Å². The standard InChI is InChI=1S/C10H13ClN2/c11-9-3-1-8(2-4-9)5-10-6-12-7-13-10/h1-4,10,12-13H,5-7H2. The maximum atomic E-state index is 5.80. The van der Waals surface area contributed by atoms with E-state index in [0.717, 1.165) is 24.7 Å². The van der Waals surface area contributed by atoms with Crippen LogP contribution in [0.4, 0.5) is 0 Å². The van der Waals surface area contributed by atoms with E-state index in [2.05, 4.69) is 22.8 Å². The zero-order valence-electron chi connectivity index (χ0n) is 7.39. The fourth-order valence-corrected chi connectivity index (χ4v) is 1.71. The van der Waals surface area contributed by atoms with Crippen molar-refractivity contribution in [1.82, 2.24) is 10.6 Å². The molecule has 1 aromatic rings. The molecule has 0 bridgehead atoms. The highest BCUT2D eigenvalue weighted by atomic mass is 35.5. The number of rotatable bonds is 2. The lowest BCUT2D eigenvalue weighted by atomic mass is 10.1. The van der Waals surface area contributed by atoms with E-state index < -0.39 is 0 Å². The highest BCUT2D eigenvalue weighted by Gasteiger charge is 2.13. The van der Waals surface area contributed by atoms with Crippen molar-refractivity contribution >= 4 is 11.6 Å². The van der Waals surface area contributed by atoms with Gasteiger partial charge in [0.15, 0.2) is 0 Å². The molecule has 1 aliphatic rings. The van der Waals surface area contributed by atoms with Crippen molar-refractivity contribution in [2.75, 3.05) is 13.2 Å². The van der Waals surface area contributed by atoms with Gasteiger partial charge < -0.3 is 10.6 Å². The molecule has 70 valence electrons. The third kappa shape index (κ3) is 2.44. The molecule has 1 heterocycles. The predicted molar refractivity (Wildman–Crippen MR) is 54.9 cm³/mol. The second-order valence-electron chi connectivity index (χ2n) is 3.36. The molecule has 2 nitrogen and oxygen atoms in total. The van der Waals surface area contributed by atoms with Gasteiger partial charge in [-0.25, -0.2) is 0 Å². The summed E-state index contributed by atoms with van der Waals surface area (Å²) in [6.07, 6.45) is 1.07. The van der Waals surface area contributed by atoms with Gasteiger partial charge in [-0.15, -0.1) is 0 Å². The van der Waals surface area contributed by atoms with Crippen LogP contribution < -0.4 is 10.6 Å². The third-order valence-electron chi connectivity index (χ3n) is 2.30. The summed E-state index contributed by atoms with van der Waals surface area (Å²) in [5, 5.41) is 7.45. The van der Waals surface area contributed by atoms with Crippen molar-refractivity contribution in [2.45, 2.75) is 12.5 Å². The van der Waals surface area contributed by atoms with Gasteiger partial charge >= 0.3 is 0 Å². The molecule has 0 radical (unpaired) electrons. The van der Waals surface area contributed by atoms with Gasteiger partial charge in [0.2, 0.25) is 0 Å². The Morgan fingerprint density at radius 1 is 1.31 bits per heavy atom. The molecule has 3 heteroatoms. The molecule has 2 rings (SSSR count). The van der Waals surface area contributed by atoms with Gasteiger partial charge in [-0.2, -0.15) is 0 Å². The Kier molecular flexibility index (Phi) is 2.83. The molecule has 0 amide bonds. The minimum Gasteiger partial charge on any atom is -0.303 e. The maximum Gasteiger partial charge on any atom is 0.0457 e. The van der Waals surface area contributed by atoms with E-state index in [1.165, 1.54) is 5.56 Å². The van der Waals surface area contributed by atoms with E-state index in [0.29, 0.717) is 6.04 Å². The van der Waals surface area contributed by atoms with E-state index in [9.17, 15) is 0 Å². The summed E-state index contributed by atoms with van der Waals surface area (Å²) >= 11 is 5.80. The SMILES string of the molecule is Clc1ccc(CC2CNCN2)cc1. The number of hydrogen-bond donors (Lipinski definition) is 2. The average Bonchev–Trinajstić information content (AvgIpc) is 2.62. The largest absolute Gasteiger partial charge is 0.303 e. The van der Waals surface area contributed by atoms with Crippen molar-refractivity contribution in [3.63, 3.8) is 0 Å². The Morgan fingerprint density at radius 2 is 2.08 bits per heavy atom. The van der Waals surface area contributed by atoms with Crippen molar-refractivity contribution in [3.8, 4) is 0 Å².